The van der Waals surface area contributed by atoms with E-state index >= 15 is 0 Å². The Kier molecular flexibility index (Phi) is 6.08. The SMILES string of the molecule is CN(CCC=Cc1ccc(-c2ccc(Cl)c(Cl)c2)cc1)C(=O)O. The van der Waals surface area contributed by atoms with E-state index in [1.165, 1.54) is 4.90 Å². The van der Waals surface area contributed by atoms with Crippen LogP contribution in [0.2, 0.25) is 10.0 Å². The molecule has 120 valence electrons. The van der Waals surface area contributed by atoms with Crippen molar-refractivity contribution in [3.05, 3.63) is 64.1 Å². The minimum atomic E-state index is -0.913. The quantitative estimate of drug-likeness (QED) is 0.754. The second-order valence-corrected chi connectivity index (χ2v) is 5.96. The molecule has 1 amide bonds. The zero-order valence-corrected chi connectivity index (χ0v) is 14.2. The molecule has 0 saturated heterocycles. The first-order valence-electron chi connectivity index (χ1n) is 7.13. The summed E-state index contributed by atoms with van der Waals surface area (Å²) < 4.78 is 0. The third-order valence-electron chi connectivity index (χ3n) is 3.43. The Balaban J connectivity index is 1.99. The third kappa shape index (κ3) is 5.02. The molecule has 0 aromatic heterocycles. The standard InChI is InChI=1S/C18H17Cl2NO2/c1-21(18(22)23)11-3-2-4-13-5-7-14(8-6-13)15-9-10-16(19)17(20)12-15/h2,4-10,12H,3,11H2,1H3,(H,22,23). The van der Waals surface area contributed by atoms with Gasteiger partial charge in [-0.25, -0.2) is 4.79 Å². The van der Waals surface area contributed by atoms with E-state index in [0.29, 0.717) is 23.0 Å². The van der Waals surface area contributed by atoms with Gasteiger partial charge in [-0.2, -0.15) is 0 Å². The molecule has 0 unspecified atom stereocenters. The average molecular weight is 350 g/mol. The van der Waals surface area contributed by atoms with Crippen LogP contribution in [0.4, 0.5) is 4.79 Å². The van der Waals surface area contributed by atoms with Crippen LogP contribution < -0.4 is 0 Å². The second-order valence-electron chi connectivity index (χ2n) is 5.15. The highest BCUT2D eigenvalue weighted by atomic mass is 35.5. The van der Waals surface area contributed by atoms with Gasteiger partial charge in [-0.05, 0) is 35.2 Å². The number of carbonyl (C=O) groups is 1. The molecule has 0 aliphatic carbocycles. The van der Waals surface area contributed by atoms with Crippen LogP contribution in [0.1, 0.15) is 12.0 Å². The molecule has 0 radical (unpaired) electrons. The molecule has 2 rings (SSSR count). The summed E-state index contributed by atoms with van der Waals surface area (Å²) in [6, 6.07) is 13.6. The number of hydrogen-bond acceptors (Lipinski definition) is 1. The first kappa shape index (κ1) is 17.4. The fraction of sp³-hybridized carbons (Fsp3) is 0.167. The lowest BCUT2D eigenvalue weighted by Crippen LogP contribution is -2.25. The maximum absolute atomic E-state index is 10.7. The summed E-state index contributed by atoms with van der Waals surface area (Å²) in [7, 11) is 1.56. The van der Waals surface area contributed by atoms with E-state index in [1.54, 1.807) is 13.1 Å². The molecular formula is C18H17Cl2NO2. The van der Waals surface area contributed by atoms with Crippen molar-refractivity contribution in [3.63, 3.8) is 0 Å². The summed E-state index contributed by atoms with van der Waals surface area (Å²) in [6.07, 6.45) is 3.71. The van der Waals surface area contributed by atoms with Crippen LogP contribution in [-0.4, -0.2) is 29.7 Å². The largest absolute Gasteiger partial charge is 0.465 e. The summed E-state index contributed by atoms with van der Waals surface area (Å²) in [5.41, 5.74) is 3.14. The highest BCUT2D eigenvalue weighted by molar-refractivity contribution is 6.42. The number of carboxylic acid groups (broad SMARTS) is 1. The molecular weight excluding hydrogens is 333 g/mol. The van der Waals surface area contributed by atoms with Gasteiger partial charge in [0.05, 0.1) is 10.0 Å². The normalized spacial score (nSPS) is 10.9. The topological polar surface area (TPSA) is 40.5 Å². The first-order valence-corrected chi connectivity index (χ1v) is 7.89. The van der Waals surface area contributed by atoms with Gasteiger partial charge in [-0.3, -0.25) is 0 Å². The molecule has 0 spiro atoms. The van der Waals surface area contributed by atoms with E-state index in [1.807, 2.05) is 48.6 Å². The summed E-state index contributed by atoms with van der Waals surface area (Å²) in [5.74, 6) is 0. The van der Waals surface area contributed by atoms with Gasteiger partial charge in [0.15, 0.2) is 0 Å². The maximum Gasteiger partial charge on any atom is 0.407 e. The predicted octanol–water partition coefficient (Wildman–Crippen LogP) is 5.67. The molecule has 5 heteroatoms. The molecule has 0 aliphatic rings. The smallest absolute Gasteiger partial charge is 0.407 e. The van der Waals surface area contributed by atoms with Gasteiger partial charge in [0.25, 0.3) is 0 Å². The van der Waals surface area contributed by atoms with E-state index in [2.05, 4.69) is 0 Å². The average Bonchev–Trinajstić information content (AvgIpc) is 2.54. The summed E-state index contributed by atoms with van der Waals surface area (Å²) in [5, 5.41) is 9.84. The summed E-state index contributed by atoms with van der Waals surface area (Å²) >= 11 is 12.0. The van der Waals surface area contributed by atoms with Crippen molar-refractivity contribution in [2.45, 2.75) is 6.42 Å². The van der Waals surface area contributed by atoms with Crippen LogP contribution in [0, 0.1) is 0 Å². The van der Waals surface area contributed by atoms with E-state index in [9.17, 15) is 4.79 Å². The van der Waals surface area contributed by atoms with Crippen LogP contribution in [0.5, 0.6) is 0 Å². The van der Waals surface area contributed by atoms with Crippen LogP contribution >= 0.6 is 23.2 Å². The summed E-state index contributed by atoms with van der Waals surface area (Å²) in [6.45, 7) is 0.479. The van der Waals surface area contributed by atoms with Crippen molar-refractivity contribution in [2.75, 3.05) is 13.6 Å². The number of rotatable bonds is 5. The second kappa shape index (κ2) is 8.04. The molecule has 2 aromatic rings. The molecule has 1 N–H and O–H groups in total. The Morgan fingerprint density at radius 3 is 2.35 bits per heavy atom. The van der Waals surface area contributed by atoms with Crippen LogP contribution in [0.25, 0.3) is 17.2 Å². The minimum Gasteiger partial charge on any atom is -0.465 e. The van der Waals surface area contributed by atoms with Gasteiger partial charge < -0.3 is 10.0 Å². The number of nitrogens with zero attached hydrogens (tertiary/aromatic N) is 1. The van der Waals surface area contributed by atoms with Crippen molar-refractivity contribution in [1.29, 1.82) is 0 Å². The number of amides is 1. The third-order valence-corrected chi connectivity index (χ3v) is 4.17. The van der Waals surface area contributed by atoms with E-state index < -0.39 is 6.09 Å². The Bertz CT molecular complexity index is 711. The lowest BCUT2D eigenvalue weighted by Gasteiger charge is -2.10. The Morgan fingerprint density at radius 1 is 1.09 bits per heavy atom. The molecule has 2 aromatic carbocycles. The van der Waals surface area contributed by atoms with Crippen molar-refractivity contribution >= 4 is 35.4 Å². The maximum atomic E-state index is 10.7. The van der Waals surface area contributed by atoms with Crippen molar-refractivity contribution < 1.29 is 9.90 Å². The van der Waals surface area contributed by atoms with Gasteiger partial charge in [-0.15, -0.1) is 0 Å². The predicted molar refractivity (Wildman–Crippen MR) is 96.2 cm³/mol. The molecule has 0 saturated carbocycles. The highest BCUT2D eigenvalue weighted by Crippen LogP contribution is 2.28. The van der Waals surface area contributed by atoms with E-state index in [0.717, 1.165) is 16.7 Å². The number of benzene rings is 2. The molecule has 0 bridgehead atoms. The lowest BCUT2D eigenvalue weighted by atomic mass is 10.0. The Labute approximate surface area is 145 Å². The van der Waals surface area contributed by atoms with Gasteiger partial charge in [0.2, 0.25) is 0 Å². The van der Waals surface area contributed by atoms with Gasteiger partial charge in [0.1, 0.15) is 0 Å². The summed E-state index contributed by atoms with van der Waals surface area (Å²) in [4.78, 5) is 11.9. The number of hydrogen-bond donors (Lipinski definition) is 1. The first-order chi connectivity index (χ1) is 11.0. The van der Waals surface area contributed by atoms with Crippen molar-refractivity contribution in [2.24, 2.45) is 0 Å². The highest BCUT2D eigenvalue weighted by Gasteiger charge is 2.03. The molecule has 0 atom stereocenters. The monoisotopic (exact) mass is 349 g/mol. The lowest BCUT2D eigenvalue weighted by molar-refractivity contribution is 0.157. The fourth-order valence-corrected chi connectivity index (χ4v) is 2.34. The fourth-order valence-electron chi connectivity index (χ4n) is 2.05. The molecule has 0 heterocycles. The van der Waals surface area contributed by atoms with Gasteiger partial charge >= 0.3 is 6.09 Å². The van der Waals surface area contributed by atoms with Crippen molar-refractivity contribution in [1.82, 2.24) is 4.90 Å². The zero-order chi connectivity index (χ0) is 16.8. The van der Waals surface area contributed by atoms with Crippen molar-refractivity contribution in [3.8, 4) is 11.1 Å². The van der Waals surface area contributed by atoms with Crippen LogP contribution in [0.15, 0.2) is 48.5 Å². The van der Waals surface area contributed by atoms with Gasteiger partial charge in [0, 0.05) is 13.6 Å². The molecule has 0 fully saturated rings. The molecule has 3 nitrogen and oxygen atoms in total. The van der Waals surface area contributed by atoms with E-state index in [4.69, 9.17) is 28.3 Å². The van der Waals surface area contributed by atoms with E-state index in [-0.39, 0.29) is 0 Å². The zero-order valence-electron chi connectivity index (χ0n) is 12.7. The van der Waals surface area contributed by atoms with Crippen LogP contribution in [0.3, 0.4) is 0 Å². The van der Waals surface area contributed by atoms with Crippen LogP contribution in [-0.2, 0) is 0 Å². The Hall–Kier alpha value is -1.97. The minimum absolute atomic E-state index is 0.479. The van der Waals surface area contributed by atoms with Gasteiger partial charge in [-0.1, -0.05) is 65.7 Å². The molecule has 0 aliphatic heterocycles. The Morgan fingerprint density at radius 2 is 1.74 bits per heavy atom. The number of halogens is 2. The molecule has 23 heavy (non-hydrogen) atoms.